The van der Waals surface area contributed by atoms with Crippen LogP contribution in [0, 0.1) is 0 Å². The lowest BCUT2D eigenvalue weighted by Crippen LogP contribution is -2.30. The SMILES string of the molecule is COc1ccc(-c2noc([C@H]3CCCN3C(=O)c3ccc4c(c3)OCO4)n2)cc1OC. The lowest BCUT2D eigenvalue weighted by Gasteiger charge is -2.22. The molecule has 0 aliphatic carbocycles. The first-order valence-corrected chi connectivity index (χ1v) is 9.94. The van der Waals surface area contributed by atoms with Crippen LogP contribution in [0.25, 0.3) is 11.4 Å². The summed E-state index contributed by atoms with van der Waals surface area (Å²) in [6.07, 6.45) is 1.61. The zero-order valence-corrected chi connectivity index (χ0v) is 17.2. The van der Waals surface area contributed by atoms with E-state index in [2.05, 4.69) is 10.1 Å². The number of benzene rings is 2. The number of hydrogen-bond donors (Lipinski definition) is 0. The van der Waals surface area contributed by atoms with E-state index in [1.807, 2.05) is 6.07 Å². The number of fused-ring (bicyclic) bond motifs is 1. The second kappa shape index (κ2) is 7.82. The van der Waals surface area contributed by atoms with Gasteiger partial charge in [0, 0.05) is 17.7 Å². The molecule has 0 unspecified atom stereocenters. The first-order valence-electron chi connectivity index (χ1n) is 9.94. The summed E-state index contributed by atoms with van der Waals surface area (Å²) in [5.74, 6) is 3.15. The van der Waals surface area contributed by atoms with Crippen LogP contribution in [0.5, 0.6) is 23.0 Å². The first-order chi connectivity index (χ1) is 15.2. The maximum atomic E-state index is 13.2. The summed E-state index contributed by atoms with van der Waals surface area (Å²) in [6.45, 7) is 0.784. The second-order valence-electron chi connectivity index (χ2n) is 7.25. The molecule has 3 heterocycles. The van der Waals surface area contributed by atoms with Crippen LogP contribution in [0.1, 0.15) is 35.1 Å². The number of carbonyl (C=O) groups excluding carboxylic acids is 1. The predicted molar refractivity (Wildman–Crippen MR) is 108 cm³/mol. The summed E-state index contributed by atoms with van der Waals surface area (Å²) in [5, 5.41) is 4.12. The summed E-state index contributed by atoms with van der Waals surface area (Å²) >= 11 is 0. The molecule has 1 atom stereocenters. The van der Waals surface area contributed by atoms with E-state index >= 15 is 0 Å². The van der Waals surface area contributed by atoms with Gasteiger partial charge >= 0.3 is 0 Å². The van der Waals surface area contributed by atoms with Gasteiger partial charge in [0.15, 0.2) is 23.0 Å². The van der Waals surface area contributed by atoms with Crippen LogP contribution in [0.4, 0.5) is 0 Å². The van der Waals surface area contributed by atoms with Crippen molar-refractivity contribution in [3.8, 4) is 34.4 Å². The molecular formula is C22H21N3O6. The van der Waals surface area contributed by atoms with Crippen molar-refractivity contribution in [2.45, 2.75) is 18.9 Å². The molecule has 1 aromatic heterocycles. The molecule has 9 heteroatoms. The molecule has 2 aromatic carbocycles. The third kappa shape index (κ3) is 3.41. The summed E-state index contributed by atoms with van der Waals surface area (Å²) in [4.78, 5) is 19.5. The Morgan fingerprint density at radius 2 is 1.90 bits per heavy atom. The molecule has 1 amide bonds. The first kappa shape index (κ1) is 19.2. The van der Waals surface area contributed by atoms with E-state index in [4.69, 9.17) is 23.5 Å². The lowest BCUT2D eigenvalue weighted by atomic mass is 10.1. The van der Waals surface area contributed by atoms with E-state index in [1.165, 1.54) is 0 Å². The predicted octanol–water partition coefficient (Wildman–Crippen LogP) is 3.46. The minimum atomic E-state index is -0.278. The number of carbonyl (C=O) groups is 1. The smallest absolute Gasteiger partial charge is 0.254 e. The maximum Gasteiger partial charge on any atom is 0.254 e. The Morgan fingerprint density at radius 1 is 1.06 bits per heavy atom. The highest BCUT2D eigenvalue weighted by atomic mass is 16.7. The van der Waals surface area contributed by atoms with Crippen LogP contribution in [0.3, 0.4) is 0 Å². The Balaban J connectivity index is 1.39. The van der Waals surface area contributed by atoms with Crippen LogP contribution in [0.15, 0.2) is 40.9 Å². The molecular weight excluding hydrogens is 402 g/mol. The van der Waals surface area contributed by atoms with Gasteiger partial charge in [0.1, 0.15) is 6.04 Å². The Bertz CT molecular complexity index is 1130. The van der Waals surface area contributed by atoms with Gasteiger partial charge in [-0.25, -0.2) is 0 Å². The van der Waals surface area contributed by atoms with E-state index in [0.717, 1.165) is 18.4 Å². The molecule has 0 bridgehead atoms. The minimum Gasteiger partial charge on any atom is -0.493 e. The summed E-state index contributed by atoms with van der Waals surface area (Å²) in [5.41, 5.74) is 1.27. The molecule has 160 valence electrons. The average Bonchev–Trinajstić information content (AvgIpc) is 3.57. The largest absolute Gasteiger partial charge is 0.493 e. The highest BCUT2D eigenvalue weighted by Crippen LogP contribution is 2.37. The summed E-state index contributed by atoms with van der Waals surface area (Å²) in [6, 6.07) is 10.3. The van der Waals surface area contributed by atoms with Gasteiger partial charge in [-0.05, 0) is 49.2 Å². The zero-order valence-electron chi connectivity index (χ0n) is 17.2. The molecule has 9 nitrogen and oxygen atoms in total. The molecule has 0 N–H and O–H groups in total. The fraction of sp³-hybridized carbons (Fsp3) is 0.318. The fourth-order valence-electron chi connectivity index (χ4n) is 3.93. The van der Waals surface area contributed by atoms with Gasteiger partial charge in [0.25, 0.3) is 5.91 Å². The number of aromatic nitrogens is 2. The van der Waals surface area contributed by atoms with Crippen molar-refractivity contribution in [1.29, 1.82) is 0 Å². The fourth-order valence-corrected chi connectivity index (χ4v) is 3.93. The van der Waals surface area contributed by atoms with Crippen LogP contribution >= 0.6 is 0 Å². The number of ether oxygens (including phenoxy) is 4. The molecule has 5 rings (SSSR count). The van der Waals surface area contributed by atoms with E-state index in [1.54, 1.807) is 49.5 Å². The molecule has 1 saturated heterocycles. The van der Waals surface area contributed by atoms with Crippen LogP contribution in [-0.4, -0.2) is 48.5 Å². The number of hydrogen-bond acceptors (Lipinski definition) is 8. The number of nitrogens with zero attached hydrogens (tertiary/aromatic N) is 3. The number of rotatable bonds is 5. The quantitative estimate of drug-likeness (QED) is 0.616. The molecule has 0 saturated carbocycles. The van der Waals surface area contributed by atoms with Crippen LogP contribution < -0.4 is 18.9 Å². The normalized spacial score (nSPS) is 17.1. The van der Waals surface area contributed by atoms with Crippen molar-refractivity contribution in [3.63, 3.8) is 0 Å². The second-order valence-corrected chi connectivity index (χ2v) is 7.25. The van der Waals surface area contributed by atoms with Crippen LogP contribution in [0.2, 0.25) is 0 Å². The van der Waals surface area contributed by atoms with E-state index in [9.17, 15) is 4.79 Å². The Morgan fingerprint density at radius 3 is 2.74 bits per heavy atom. The lowest BCUT2D eigenvalue weighted by molar-refractivity contribution is 0.0709. The molecule has 0 radical (unpaired) electrons. The molecule has 31 heavy (non-hydrogen) atoms. The van der Waals surface area contributed by atoms with Crippen molar-refractivity contribution in [1.82, 2.24) is 15.0 Å². The molecule has 2 aliphatic heterocycles. The average molecular weight is 423 g/mol. The molecule has 0 spiro atoms. The number of amides is 1. The highest BCUT2D eigenvalue weighted by molar-refractivity contribution is 5.95. The van der Waals surface area contributed by atoms with E-state index in [0.29, 0.717) is 46.8 Å². The summed E-state index contributed by atoms with van der Waals surface area (Å²) < 4.78 is 26.9. The Labute approximate surface area is 178 Å². The number of likely N-dealkylation sites (tertiary alicyclic amines) is 1. The number of methoxy groups -OCH3 is 2. The van der Waals surface area contributed by atoms with Crippen molar-refractivity contribution in [2.24, 2.45) is 0 Å². The van der Waals surface area contributed by atoms with Crippen LogP contribution in [-0.2, 0) is 0 Å². The van der Waals surface area contributed by atoms with Gasteiger partial charge in [-0.15, -0.1) is 0 Å². The third-order valence-electron chi connectivity index (χ3n) is 5.50. The van der Waals surface area contributed by atoms with Crippen molar-refractivity contribution < 1.29 is 28.3 Å². The molecule has 1 fully saturated rings. The standard InChI is InChI=1S/C22H21N3O6/c1-27-16-7-5-13(10-18(16)28-2)20-23-21(31-24-20)15-4-3-9-25(15)22(26)14-6-8-17-19(11-14)30-12-29-17/h5-8,10-11,15H,3-4,9,12H2,1-2H3/t15-/m1/s1. The Kier molecular flexibility index (Phi) is 4.85. The molecule has 2 aliphatic rings. The third-order valence-corrected chi connectivity index (χ3v) is 5.50. The van der Waals surface area contributed by atoms with Gasteiger partial charge in [-0.1, -0.05) is 5.16 Å². The highest BCUT2D eigenvalue weighted by Gasteiger charge is 2.35. The van der Waals surface area contributed by atoms with Gasteiger partial charge in [-0.3, -0.25) is 4.79 Å². The van der Waals surface area contributed by atoms with Gasteiger partial charge in [0.05, 0.1) is 14.2 Å². The van der Waals surface area contributed by atoms with Crippen molar-refractivity contribution in [3.05, 3.63) is 47.9 Å². The van der Waals surface area contributed by atoms with E-state index in [-0.39, 0.29) is 18.7 Å². The van der Waals surface area contributed by atoms with Gasteiger partial charge < -0.3 is 28.4 Å². The topological polar surface area (TPSA) is 96.2 Å². The monoisotopic (exact) mass is 423 g/mol. The maximum absolute atomic E-state index is 13.2. The van der Waals surface area contributed by atoms with Gasteiger partial charge in [0.2, 0.25) is 18.5 Å². The van der Waals surface area contributed by atoms with E-state index < -0.39 is 0 Å². The zero-order chi connectivity index (χ0) is 21.4. The molecule has 3 aromatic rings. The summed E-state index contributed by atoms with van der Waals surface area (Å²) in [7, 11) is 3.15. The minimum absolute atomic E-state index is 0.105. The van der Waals surface area contributed by atoms with Crippen molar-refractivity contribution >= 4 is 5.91 Å². The van der Waals surface area contributed by atoms with Gasteiger partial charge in [-0.2, -0.15) is 4.98 Å². The Hall–Kier alpha value is -3.75. The van der Waals surface area contributed by atoms with Crippen molar-refractivity contribution in [2.75, 3.05) is 27.6 Å².